The maximum absolute atomic E-state index is 12.6. The first-order chi connectivity index (χ1) is 14.1. The van der Waals surface area contributed by atoms with E-state index in [0.717, 1.165) is 46.2 Å². The van der Waals surface area contributed by atoms with Crippen LogP contribution >= 0.6 is 0 Å². The lowest BCUT2D eigenvalue weighted by molar-refractivity contribution is -0.115. The summed E-state index contributed by atoms with van der Waals surface area (Å²) >= 11 is 0. The third kappa shape index (κ3) is 3.92. The predicted molar refractivity (Wildman–Crippen MR) is 115 cm³/mol. The van der Waals surface area contributed by atoms with Crippen LogP contribution in [0.25, 0.3) is 21.9 Å². The number of fused-ring (bicyclic) bond motifs is 2. The number of amides is 1. The molecule has 0 spiro atoms. The summed E-state index contributed by atoms with van der Waals surface area (Å²) in [6, 6.07) is 15.7. The molecule has 0 bridgehead atoms. The van der Waals surface area contributed by atoms with Crippen LogP contribution in [0.3, 0.4) is 0 Å². The van der Waals surface area contributed by atoms with E-state index in [2.05, 4.69) is 48.5 Å². The summed E-state index contributed by atoms with van der Waals surface area (Å²) in [6.45, 7) is 4.90. The minimum absolute atomic E-state index is 0.109. The molecule has 0 radical (unpaired) electrons. The maximum Gasteiger partial charge on any atom is 0.230 e. The van der Waals surface area contributed by atoms with Gasteiger partial charge in [0.2, 0.25) is 5.91 Å². The van der Waals surface area contributed by atoms with E-state index in [4.69, 9.17) is 9.72 Å². The third-order valence-corrected chi connectivity index (χ3v) is 4.89. The number of aryl methyl sites for hydroxylation is 2. The Labute approximate surface area is 169 Å². The molecule has 2 heterocycles. The van der Waals surface area contributed by atoms with Gasteiger partial charge in [-0.2, -0.15) is 5.10 Å². The van der Waals surface area contributed by atoms with E-state index < -0.39 is 0 Å². The molecule has 0 atom stereocenters. The van der Waals surface area contributed by atoms with E-state index in [-0.39, 0.29) is 12.3 Å². The van der Waals surface area contributed by atoms with Gasteiger partial charge in [-0.1, -0.05) is 31.2 Å². The first kappa shape index (κ1) is 18.9. The fourth-order valence-electron chi connectivity index (χ4n) is 3.42. The van der Waals surface area contributed by atoms with Crippen molar-refractivity contribution in [3.63, 3.8) is 0 Å². The minimum Gasteiger partial charge on any atom is -0.497 e. The zero-order chi connectivity index (χ0) is 20.4. The average Bonchev–Trinajstić information content (AvgIpc) is 3.03. The standard InChI is InChI=1S/C23H24N4O2/c1-4-11-27-23-19(14-17-8-5-15(2)12-20(17)24-23)22(26-27)25-21(28)13-16-6-9-18(29-3)10-7-16/h5-10,12,14H,4,11,13H2,1-3H3,(H,25,26,28). The number of ether oxygens (including phenoxy) is 1. The Hall–Kier alpha value is -3.41. The summed E-state index contributed by atoms with van der Waals surface area (Å²) in [5, 5.41) is 9.50. The molecule has 0 aliphatic rings. The molecule has 1 N–H and O–H groups in total. The van der Waals surface area contributed by atoms with Crippen LogP contribution in [0.2, 0.25) is 0 Å². The number of hydrogen-bond donors (Lipinski definition) is 1. The molecule has 2 aromatic carbocycles. The molecule has 148 valence electrons. The second-order valence-corrected chi connectivity index (χ2v) is 7.20. The second kappa shape index (κ2) is 7.91. The van der Waals surface area contributed by atoms with Crippen LogP contribution in [-0.4, -0.2) is 27.8 Å². The average molecular weight is 388 g/mol. The van der Waals surface area contributed by atoms with Crippen LogP contribution in [0.4, 0.5) is 5.82 Å². The molecule has 1 amide bonds. The number of rotatable bonds is 6. The van der Waals surface area contributed by atoms with E-state index in [1.165, 1.54) is 5.56 Å². The normalized spacial score (nSPS) is 11.1. The van der Waals surface area contributed by atoms with E-state index in [9.17, 15) is 4.79 Å². The Bertz CT molecular complexity index is 1180. The quantitative estimate of drug-likeness (QED) is 0.528. The number of hydrogen-bond acceptors (Lipinski definition) is 4. The Kier molecular flexibility index (Phi) is 5.16. The molecule has 0 aliphatic heterocycles. The molecular weight excluding hydrogens is 364 g/mol. The van der Waals surface area contributed by atoms with Gasteiger partial charge < -0.3 is 10.1 Å². The minimum atomic E-state index is -0.109. The molecule has 4 aromatic rings. The first-order valence-electron chi connectivity index (χ1n) is 9.78. The van der Waals surface area contributed by atoms with Gasteiger partial charge in [0, 0.05) is 11.9 Å². The molecule has 0 unspecified atom stereocenters. The van der Waals surface area contributed by atoms with Gasteiger partial charge in [-0.15, -0.1) is 0 Å². The number of carbonyl (C=O) groups excluding carboxylic acids is 1. The summed E-state index contributed by atoms with van der Waals surface area (Å²) in [5.74, 6) is 1.22. The van der Waals surface area contributed by atoms with E-state index in [1.807, 2.05) is 28.9 Å². The smallest absolute Gasteiger partial charge is 0.230 e. The van der Waals surface area contributed by atoms with Crippen molar-refractivity contribution in [2.45, 2.75) is 33.2 Å². The number of anilines is 1. The van der Waals surface area contributed by atoms with Crippen LogP contribution in [0.1, 0.15) is 24.5 Å². The van der Waals surface area contributed by atoms with E-state index in [1.54, 1.807) is 7.11 Å². The Morgan fingerprint density at radius 2 is 1.93 bits per heavy atom. The third-order valence-electron chi connectivity index (χ3n) is 4.89. The van der Waals surface area contributed by atoms with Crippen LogP contribution in [0.5, 0.6) is 5.75 Å². The highest BCUT2D eigenvalue weighted by molar-refractivity contribution is 6.03. The number of pyridine rings is 1. The van der Waals surface area contributed by atoms with Crippen molar-refractivity contribution in [2.24, 2.45) is 0 Å². The maximum atomic E-state index is 12.6. The summed E-state index contributed by atoms with van der Waals surface area (Å²) in [7, 11) is 1.62. The largest absolute Gasteiger partial charge is 0.497 e. The predicted octanol–water partition coefficient (Wildman–Crippen LogP) is 4.49. The van der Waals surface area contributed by atoms with Gasteiger partial charge in [0.05, 0.1) is 24.4 Å². The van der Waals surface area contributed by atoms with Crippen molar-refractivity contribution in [2.75, 3.05) is 12.4 Å². The number of carbonyl (C=O) groups is 1. The lowest BCUT2D eigenvalue weighted by atomic mass is 10.1. The van der Waals surface area contributed by atoms with Crippen molar-refractivity contribution in [1.29, 1.82) is 0 Å². The summed E-state index contributed by atoms with van der Waals surface area (Å²) in [6.07, 6.45) is 1.20. The molecule has 0 saturated carbocycles. The van der Waals surface area contributed by atoms with Crippen LogP contribution in [0.15, 0.2) is 48.5 Å². The zero-order valence-corrected chi connectivity index (χ0v) is 16.9. The molecule has 6 heteroatoms. The van der Waals surface area contributed by atoms with Gasteiger partial charge in [-0.25, -0.2) is 9.67 Å². The number of aromatic nitrogens is 3. The summed E-state index contributed by atoms with van der Waals surface area (Å²) in [5.41, 5.74) is 3.81. The SMILES string of the molecule is CCCn1nc(NC(=O)Cc2ccc(OC)cc2)c2cc3ccc(C)cc3nc21. The number of methoxy groups -OCH3 is 1. The topological polar surface area (TPSA) is 69.0 Å². The van der Waals surface area contributed by atoms with Crippen molar-refractivity contribution in [1.82, 2.24) is 14.8 Å². The molecule has 0 saturated heterocycles. The fourth-order valence-corrected chi connectivity index (χ4v) is 3.42. The Morgan fingerprint density at radius 1 is 1.14 bits per heavy atom. The lowest BCUT2D eigenvalue weighted by Crippen LogP contribution is -2.15. The van der Waals surface area contributed by atoms with Crippen molar-refractivity contribution in [3.8, 4) is 5.75 Å². The van der Waals surface area contributed by atoms with Gasteiger partial charge in [-0.3, -0.25) is 4.79 Å². The fraction of sp³-hybridized carbons (Fsp3) is 0.261. The van der Waals surface area contributed by atoms with Gasteiger partial charge in [-0.05, 0) is 48.7 Å². The highest BCUT2D eigenvalue weighted by Gasteiger charge is 2.15. The molecule has 2 aromatic heterocycles. The van der Waals surface area contributed by atoms with Gasteiger partial charge >= 0.3 is 0 Å². The molecular formula is C23H24N4O2. The van der Waals surface area contributed by atoms with Crippen molar-refractivity contribution >= 4 is 33.7 Å². The lowest BCUT2D eigenvalue weighted by Gasteiger charge is -2.05. The number of nitrogens with zero attached hydrogens (tertiary/aromatic N) is 3. The highest BCUT2D eigenvalue weighted by Crippen LogP contribution is 2.27. The molecule has 0 aliphatic carbocycles. The second-order valence-electron chi connectivity index (χ2n) is 7.20. The van der Waals surface area contributed by atoms with E-state index >= 15 is 0 Å². The first-order valence-corrected chi connectivity index (χ1v) is 9.78. The van der Waals surface area contributed by atoms with Gasteiger partial charge in [0.1, 0.15) is 5.75 Å². The van der Waals surface area contributed by atoms with Crippen LogP contribution < -0.4 is 10.1 Å². The van der Waals surface area contributed by atoms with E-state index in [0.29, 0.717) is 5.82 Å². The highest BCUT2D eigenvalue weighted by atomic mass is 16.5. The Balaban J connectivity index is 1.66. The number of nitrogens with one attached hydrogen (secondary N) is 1. The van der Waals surface area contributed by atoms with Crippen LogP contribution in [0, 0.1) is 6.92 Å². The molecule has 0 fully saturated rings. The van der Waals surface area contributed by atoms with Crippen LogP contribution in [-0.2, 0) is 17.8 Å². The van der Waals surface area contributed by atoms with Crippen molar-refractivity contribution in [3.05, 3.63) is 59.7 Å². The van der Waals surface area contributed by atoms with Gasteiger partial charge in [0.15, 0.2) is 11.5 Å². The number of benzene rings is 2. The monoisotopic (exact) mass is 388 g/mol. The van der Waals surface area contributed by atoms with Gasteiger partial charge in [0.25, 0.3) is 0 Å². The summed E-state index contributed by atoms with van der Waals surface area (Å²) < 4.78 is 7.04. The molecule has 29 heavy (non-hydrogen) atoms. The molecule has 4 rings (SSSR count). The summed E-state index contributed by atoms with van der Waals surface area (Å²) in [4.78, 5) is 17.5. The zero-order valence-electron chi connectivity index (χ0n) is 16.9. The van der Waals surface area contributed by atoms with Crippen molar-refractivity contribution < 1.29 is 9.53 Å². The molecule has 6 nitrogen and oxygen atoms in total. The Morgan fingerprint density at radius 3 is 2.66 bits per heavy atom.